The Morgan fingerprint density at radius 1 is 1.38 bits per heavy atom. The van der Waals surface area contributed by atoms with Crippen molar-refractivity contribution in [1.29, 1.82) is 5.26 Å². The quantitative estimate of drug-likeness (QED) is 0.560. The molecule has 0 heterocycles. The molecule has 88 valence electrons. The molecule has 0 saturated carbocycles. The van der Waals surface area contributed by atoms with Gasteiger partial charge in [-0.1, -0.05) is 0 Å². The second-order valence-electron chi connectivity index (χ2n) is 3.29. The molecule has 0 aliphatic heterocycles. The van der Waals surface area contributed by atoms with Gasteiger partial charge in [0, 0.05) is 17.8 Å². The Morgan fingerprint density at radius 2 is 2.00 bits per heavy atom. The number of nitrogens with two attached hydrogens (primary N) is 2. The minimum Gasteiger partial charge on any atom is -0.399 e. The molecule has 6 heteroatoms. The SMILES string of the molecule is Cl.N#Cc1cc(N)cc(N)c1CC(O)CO. The van der Waals surface area contributed by atoms with Crippen LogP contribution in [-0.4, -0.2) is 22.9 Å². The van der Waals surface area contributed by atoms with Crippen molar-refractivity contribution in [3.63, 3.8) is 0 Å². The Hall–Kier alpha value is -1.48. The largest absolute Gasteiger partial charge is 0.399 e. The van der Waals surface area contributed by atoms with E-state index in [9.17, 15) is 5.11 Å². The number of hydrogen-bond donors (Lipinski definition) is 4. The molecule has 1 atom stereocenters. The van der Waals surface area contributed by atoms with Crippen LogP contribution >= 0.6 is 12.4 Å². The lowest BCUT2D eigenvalue weighted by molar-refractivity contribution is 0.0956. The Labute approximate surface area is 99.7 Å². The fourth-order valence-electron chi connectivity index (χ4n) is 1.35. The van der Waals surface area contributed by atoms with Crippen LogP contribution in [-0.2, 0) is 6.42 Å². The minimum atomic E-state index is -0.914. The van der Waals surface area contributed by atoms with Crippen LogP contribution in [0.2, 0.25) is 0 Å². The lowest BCUT2D eigenvalue weighted by Crippen LogP contribution is -2.17. The Kier molecular flexibility index (Phi) is 5.61. The van der Waals surface area contributed by atoms with Gasteiger partial charge in [0.25, 0.3) is 0 Å². The van der Waals surface area contributed by atoms with Crippen LogP contribution in [0.4, 0.5) is 11.4 Å². The number of halogens is 1. The Morgan fingerprint density at radius 3 is 2.50 bits per heavy atom. The zero-order valence-electron chi connectivity index (χ0n) is 8.55. The number of rotatable bonds is 3. The van der Waals surface area contributed by atoms with Gasteiger partial charge in [0.15, 0.2) is 0 Å². The fraction of sp³-hybridized carbons (Fsp3) is 0.300. The van der Waals surface area contributed by atoms with Gasteiger partial charge < -0.3 is 21.7 Å². The van der Waals surface area contributed by atoms with E-state index in [1.54, 1.807) is 0 Å². The van der Waals surface area contributed by atoms with E-state index in [0.717, 1.165) is 0 Å². The number of hydrogen-bond acceptors (Lipinski definition) is 5. The average molecular weight is 244 g/mol. The predicted octanol–water partition coefficient (Wildman–Crippen LogP) is 0.0402. The van der Waals surface area contributed by atoms with Crippen molar-refractivity contribution in [3.05, 3.63) is 23.3 Å². The number of benzene rings is 1. The van der Waals surface area contributed by atoms with Gasteiger partial charge in [0.2, 0.25) is 0 Å². The third-order valence-corrected chi connectivity index (χ3v) is 2.08. The molecule has 1 aromatic carbocycles. The first-order valence-corrected chi connectivity index (χ1v) is 4.45. The van der Waals surface area contributed by atoms with Crippen LogP contribution < -0.4 is 11.5 Å². The van der Waals surface area contributed by atoms with Gasteiger partial charge in [-0.25, -0.2) is 0 Å². The van der Waals surface area contributed by atoms with Crippen LogP contribution in [0, 0.1) is 11.3 Å². The van der Waals surface area contributed by atoms with Gasteiger partial charge in [-0.3, -0.25) is 0 Å². The third-order valence-electron chi connectivity index (χ3n) is 2.08. The number of nitriles is 1. The highest BCUT2D eigenvalue weighted by atomic mass is 35.5. The number of nitrogens with zero attached hydrogens (tertiary/aromatic N) is 1. The van der Waals surface area contributed by atoms with Gasteiger partial charge in [-0.2, -0.15) is 5.26 Å². The first-order valence-electron chi connectivity index (χ1n) is 4.45. The summed E-state index contributed by atoms with van der Waals surface area (Å²) in [6.07, 6.45) is -0.770. The van der Waals surface area contributed by atoms with Gasteiger partial charge in [0.1, 0.15) is 0 Å². The van der Waals surface area contributed by atoms with Crippen LogP contribution in [0.5, 0.6) is 0 Å². The third kappa shape index (κ3) is 3.28. The van der Waals surface area contributed by atoms with E-state index >= 15 is 0 Å². The van der Waals surface area contributed by atoms with E-state index in [0.29, 0.717) is 22.5 Å². The molecule has 0 aliphatic carbocycles. The van der Waals surface area contributed by atoms with E-state index in [1.807, 2.05) is 6.07 Å². The summed E-state index contributed by atoms with van der Waals surface area (Å²) < 4.78 is 0. The summed E-state index contributed by atoms with van der Waals surface area (Å²) in [6, 6.07) is 4.98. The second-order valence-corrected chi connectivity index (χ2v) is 3.29. The summed E-state index contributed by atoms with van der Waals surface area (Å²) in [6.45, 7) is -0.366. The van der Waals surface area contributed by atoms with E-state index in [-0.39, 0.29) is 25.4 Å². The average Bonchev–Trinajstić information content (AvgIpc) is 2.21. The van der Waals surface area contributed by atoms with Crippen LogP contribution in [0.1, 0.15) is 11.1 Å². The van der Waals surface area contributed by atoms with Crippen molar-refractivity contribution < 1.29 is 10.2 Å². The molecule has 5 nitrogen and oxygen atoms in total. The number of anilines is 2. The molecule has 0 aliphatic rings. The van der Waals surface area contributed by atoms with Crippen molar-refractivity contribution in [3.8, 4) is 6.07 Å². The standard InChI is InChI=1S/C10H13N3O2.ClH/c11-4-6-1-7(12)2-10(13)9(6)3-8(15)5-14;/h1-2,8,14-15H,3,5,12-13H2;1H. The summed E-state index contributed by atoms with van der Waals surface area (Å²) in [5, 5.41) is 26.8. The van der Waals surface area contributed by atoms with Crippen molar-refractivity contribution in [2.45, 2.75) is 12.5 Å². The molecule has 0 amide bonds. The Balaban J connectivity index is 0.00000225. The second kappa shape index (κ2) is 6.18. The highest BCUT2D eigenvalue weighted by Gasteiger charge is 2.12. The number of aliphatic hydroxyl groups is 2. The molecule has 0 radical (unpaired) electrons. The molecule has 1 rings (SSSR count). The summed E-state index contributed by atoms with van der Waals surface area (Å²) in [7, 11) is 0. The lowest BCUT2D eigenvalue weighted by Gasteiger charge is -2.12. The zero-order chi connectivity index (χ0) is 11.4. The smallest absolute Gasteiger partial charge is 0.0996 e. The summed E-state index contributed by atoms with van der Waals surface area (Å²) in [5.41, 5.74) is 12.8. The van der Waals surface area contributed by atoms with Crippen molar-refractivity contribution in [2.24, 2.45) is 0 Å². The molecule has 16 heavy (non-hydrogen) atoms. The predicted molar refractivity (Wildman–Crippen MR) is 64.0 cm³/mol. The molecule has 0 saturated heterocycles. The molecule has 0 aromatic heterocycles. The molecule has 1 unspecified atom stereocenters. The van der Waals surface area contributed by atoms with E-state index < -0.39 is 6.10 Å². The Bertz CT molecular complexity index is 404. The maximum absolute atomic E-state index is 9.28. The summed E-state index contributed by atoms with van der Waals surface area (Å²) in [4.78, 5) is 0. The zero-order valence-corrected chi connectivity index (χ0v) is 9.37. The van der Waals surface area contributed by atoms with Gasteiger partial charge in [-0.05, 0) is 17.7 Å². The van der Waals surface area contributed by atoms with Crippen molar-refractivity contribution in [1.82, 2.24) is 0 Å². The molecular weight excluding hydrogens is 230 g/mol. The molecule has 0 spiro atoms. The van der Waals surface area contributed by atoms with Crippen molar-refractivity contribution >= 4 is 23.8 Å². The summed E-state index contributed by atoms with van der Waals surface area (Å²) in [5.74, 6) is 0. The molecule has 6 N–H and O–H groups in total. The maximum Gasteiger partial charge on any atom is 0.0996 e. The van der Waals surface area contributed by atoms with Crippen LogP contribution in [0.3, 0.4) is 0 Å². The van der Waals surface area contributed by atoms with E-state index in [2.05, 4.69) is 0 Å². The highest BCUT2D eigenvalue weighted by Crippen LogP contribution is 2.22. The van der Waals surface area contributed by atoms with Gasteiger partial charge in [-0.15, -0.1) is 12.4 Å². The van der Waals surface area contributed by atoms with Gasteiger partial charge >= 0.3 is 0 Å². The van der Waals surface area contributed by atoms with Crippen molar-refractivity contribution in [2.75, 3.05) is 18.1 Å². The normalized spacial score (nSPS) is 11.3. The maximum atomic E-state index is 9.28. The summed E-state index contributed by atoms with van der Waals surface area (Å²) >= 11 is 0. The first-order chi connectivity index (χ1) is 7.08. The molecule has 0 fully saturated rings. The lowest BCUT2D eigenvalue weighted by atomic mass is 9.99. The monoisotopic (exact) mass is 243 g/mol. The molecular formula is C10H14ClN3O2. The van der Waals surface area contributed by atoms with Crippen LogP contribution in [0.25, 0.3) is 0 Å². The molecule has 0 bridgehead atoms. The minimum absolute atomic E-state index is 0. The first kappa shape index (κ1) is 14.5. The molecule has 1 aromatic rings. The number of aliphatic hydroxyl groups excluding tert-OH is 2. The van der Waals surface area contributed by atoms with E-state index in [4.69, 9.17) is 21.8 Å². The highest BCUT2D eigenvalue weighted by molar-refractivity contribution is 5.85. The topological polar surface area (TPSA) is 116 Å². The van der Waals surface area contributed by atoms with Gasteiger partial charge in [0.05, 0.1) is 24.3 Å². The van der Waals surface area contributed by atoms with E-state index in [1.165, 1.54) is 12.1 Å². The number of nitrogen functional groups attached to an aromatic ring is 2. The fourth-order valence-corrected chi connectivity index (χ4v) is 1.35. The van der Waals surface area contributed by atoms with Crippen LogP contribution in [0.15, 0.2) is 12.1 Å².